The number of aliphatic imine (C=N–C) groups is 1. The highest BCUT2D eigenvalue weighted by Crippen LogP contribution is 2.21. The van der Waals surface area contributed by atoms with Gasteiger partial charge in [-0.15, -0.1) is 24.0 Å². The van der Waals surface area contributed by atoms with E-state index in [-0.39, 0.29) is 24.0 Å². The van der Waals surface area contributed by atoms with Crippen LogP contribution in [-0.2, 0) is 30.2 Å². The van der Waals surface area contributed by atoms with Crippen LogP contribution in [0, 0.1) is 0 Å². The van der Waals surface area contributed by atoms with Crippen LogP contribution >= 0.6 is 24.0 Å². The minimum absolute atomic E-state index is 0. The third-order valence-electron chi connectivity index (χ3n) is 5.24. The van der Waals surface area contributed by atoms with Gasteiger partial charge in [-0.2, -0.15) is 9.40 Å². The number of nitrogens with one attached hydrogen (secondary N) is 1. The topological polar surface area (TPSA) is 86.1 Å². The van der Waals surface area contributed by atoms with Crippen molar-refractivity contribution in [1.29, 1.82) is 0 Å². The zero-order valence-electron chi connectivity index (χ0n) is 18.5. The Kier molecular flexibility index (Phi) is 9.28. The highest BCUT2D eigenvalue weighted by Gasteiger charge is 2.29. The zero-order chi connectivity index (χ0) is 21.7. The third kappa shape index (κ3) is 6.40. The quantitative estimate of drug-likeness (QED) is 0.324. The summed E-state index contributed by atoms with van der Waals surface area (Å²) in [6.07, 6.45) is 3.78. The number of aryl methyl sites for hydroxylation is 1. The van der Waals surface area contributed by atoms with E-state index < -0.39 is 10.0 Å². The first-order chi connectivity index (χ1) is 14.3. The molecule has 2 aromatic rings. The van der Waals surface area contributed by atoms with E-state index in [2.05, 4.69) is 20.3 Å². The van der Waals surface area contributed by atoms with Gasteiger partial charge in [0.25, 0.3) is 0 Å². The number of rotatable bonds is 6. The van der Waals surface area contributed by atoms with Gasteiger partial charge in [0, 0.05) is 72.2 Å². The summed E-state index contributed by atoms with van der Waals surface area (Å²) >= 11 is 0. The number of nitrogens with zero attached hydrogens (tertiary/aromatic N) is 6. The van der Waals surface area contributed by atoms with Crippen LogP contribution in [0.15, 0.2) is 46.5 Å². The molecule has 1 fully saturated rings. The SMILES string of the molecule is CN=C(NCc1ccccc1S(=O)(=O)N1CCN(C)CC1)N(C)Cc1cnn(C)c1.I. The minimum Gasteiger partial charge on any atom is -0.352 e. The summed E-state index contributed by atoms with van der Waals surface area (Å²) in [7, 11) is 4.01. The standard InChI is InChI=1S/C20H31N7O2S.HI/c1-21-20(25(3)15-17-13-23-26(4)16-17)22-14-18-7-5-6-8-19(18)30(28,29)27-11-9-24(2)10-12-27;/h5-8,13,16H,9-12,14-15H2,1-4H3,(H,21,22);1H. The van der Waals surface area contributed by atoms with E-state index in [0.29, 0.717) is 37.0 Å². The van der Waals surface area contributed by atoms with Gasteiger partial charge < -0.3 is 15.1 Å². The summed E-state index contributed by atoms with van der Waals surface area (Å²) in [6.45, 7) is 3.52. The molecule has 0 atom stereocenters. The van der Waals surface area contributed by atoms with Crippen molar-refractivity contribution < 1.29 is 8.42 Å². The van der Waals surface area contributed by atoms with E-state index in [1.807, 2.05) is 50.6 Å². The summed E-state index contributed by atoms with van der Waals surface area (Å²) in [4.78, 5) is 8.81. The summed E-state index contributed by atoms with van der Waals surface area (Å²) in [6, 6.07) is 7.18. The molecule has 0 amide bonds. The van der Waals surface area contributed by atoms with Crippen LogP contribution in [0.3, 0.4) is 0 Å². The smallest absolute Gasteiger partial charge is 0.243 e. The minimum atomic E-state index is -3.53. The molecule has 1 aromatic heterocycles. The van der Waals surface area contributed by atoms with Crippen LogP contribution in [0.2, 0.25) is 0 Å². The molecule has 3 rings (SSSR count). The van der Waals surface area contributed by atoms with Crippen LogP contribution in [0.5, 0.6) is 0 Å². The molecule has 1 saturated heterocycles. The van der Waals surface area contributed by atoms with Crippen LogP contribution < -0.4 is 5.32 Å². The number of halogens is 1. The fourth-order valence-electron chi connectivity index (χ4n) is 3.53. The van der Waals surface area contributed by atoms with Gasteiger partial charge in [0.2, 0.25) is 10.0 Å². The molecule has 0 aliphatic carbocycles. The molecule has 1 aromatic carbocycles. The molecule has 172 valence electrons. The molecule has 1 N–H and O–H groups in total. The van der Waals surface area contributed by atoms with Gasteiger partial charge in [0.1, 0.15) is 0 Å². The van der Waals surface area contributed by atoms with E-state index in [1.54, 1.807) is 28.2 Å². The lowest BCUT2D eigenvalue weighted by atomic mass is 10.2. The lowest BCUT2D eigenvalue weighted by Gasteiger charge is -2.32. The molecule has 1 aliphatic heterocycles. The number of guanidine groups is 1. The van der Waals surface area contributed by atoms with Crippen molar-refractivity contribution in [1.82, 2.24) is 29.2 Å². The lowest BCUT2D eigenvalue weighted by molar-refractivity contribution is 0.222. The number of piperazine rings is 1. The Morgan fingerprint density at radius 2 is 1.87 bits per heavy atom. The molecule has 0 bridgehead atoms. The van der Waals surface area contributed by atoms with Gasteiger partial charge in [-0.1, -0.05) is 18.2 Å². The summed E-state index contributed by atoms with van der Waals surface area (Å²) in [5.74, 6) is 0.686. The summed E-state index contributed by atoms with van der Waals surface area (Å²) in [5.41, 5.74) is 1.80. The Bertz CT molecular complexity index is 985. The van der Waals surface area contributed by atoms with Crippen molar-refractivity contribution >= 4 is 40.0 Å². The Balaban J connectivity index is 0.00000341. The summed E-state index contributed by atoms with van der Waals surface area (Å²) < 4.78 is 29.8. The molecule has 9 nitrogen and oxygen atoms in total. The van der Waals surface area contributed by atoms with Crippen molar-refractivity contribution in [3.05, 3.63) is 47.8 Å². The second-order valence-corrected chi connectivity index (χ2v) is 9.50. The predicted molar refractivity (Wildman–Crippen MR) is 133 cm³/mol. The van der Waals surface area contributed by atoms with Crippen LogP contribution in [0.1, 0.15) is 11.1 Å². The van der Waals surface area contributed by atoms with Crippen LogP contribution in [0.4, 0.5) is 0 Å². The van der Waals surface area contributed by atoms with Crippen LogP contribution in [0.25, 0.3) is 0 Å². The number of hydrogen-bond acceptors (Lipinski definition) is 5. The fraction of sp³-hybridized carbons (Fsp3) is 0.500. The maximum Gasteiger partial charge on any atom is 0.243 e. The van der Waals surface area contributed by atoms with Crippen molar-refractivity contribution in [2.45, 2.75) is 18.0 Å². The first-order valence-electron chi connectivity index (χ1n) is 9.97. The van der Waals surface area contributed by atoms with Crippen molar-refractivity contribution in [3.8, 4) is 0 Å². The maximum atomic E-state index is 13.2. The number of benzene rings is 1. The predicted octanol–water partition coefficient (Wildman–Crippen LogP) is 1.18. The van der Waals surface area contributed by atoms with Gasteiger partial charge in [0.05, 0.1) is 11.1 Å². The average Bonchev–Trinajstić information content (AvgIpc) is 3.13. The number of aromatic nitrogens is 2. The second-order valence-electron chi connectivity index (χ2n) is 7.59. The molecular formula is C20H32IN7O2S. The Morgan fingerprint density at radius 3 is 2.48 bits per heavy atom. The van der Waals surface area contributed by atoms with Gasteiger partial charge in [-0.3, -0.25) is 9.67 Å². The number of likely N-dealkylation sites (N-methyl/N-ethyl adjacent to an activating group) is 1. The first-order valence-corrected chi connectivity index (χ1v) is 11.4. The fourth-order valence-corrected chi connectivity index (χ4v) is 5.17. The Morgan fingerprint density at radius 1 is 1.19 bits per heavy atom. The highest BCUT2D eigenvalue weighted by molar-refractivity contribution is 14.0. The molecule has 11 heteroatoms. The number of hydrogen-bond donors (Lipinski definition) is 1. The molecule has 0 unspecified atom stereocenters. The van der Waals surface area contributed by atoms with Gasteiger partial charge in [-0.25, -0.2) is 8.42 Å². The van der Waals surface area contributed by atoms with E-state index in [9.17, 15) is 8.42 Å². The van der Waals surface area contributed by atoms with E-state index >= 15 is 0 Å². The van der Waals surface area contributed by atoms with Crippen molar-refractivity contribution in [2.24, 2.45) is 12.0 Å². The molecular weight excluding hydrogens is 529 g/mol. The van der Waals surface area contributed by atoms with E-state index in [1.165, 1.54) is 0 Å². The van der Waals surface area contributed by atoms with Crippen molar-refractivity contribution in [3.63, 3.8) is 0 Å². The first kappa shape index (κ1) is 25.6. The lowest BCUT2D eigenvalue weighted by Crippen LogP contribution is -2.47. The molecule has 1 aliphatic rings. The van der Waals surface area contributed by atoms with E-state index in [4.69, 9.17) is 0 Å². The third-order valence-corrected chi connectivity index (χ3v) is 7.24. The van der Waals surface area contributed by atoms with Crippen molar-refractivity contribution in [2.75, 3.05) is 47.3 Å². The highest BCUT2D eigenvalue weighted by atomic mass is 127. The van der Waals surface area contributed by atoms with Gasteiger partial charge in [0.15, 0.2) is 5.96 Å². The van der Waals surface area contributed by atoms with E-state index in [0.717, 1.165) is 24.2 Å². The zero-order valence-corrected chi connectivity index (χ0v) is 21.7. The van der Waals surface area contributed by atoms with Gasteiger partial charge >= 0.3 is 0 Å². The Labute approximate surface area is 202 Å². The van der Waals surface area contributed by atoms with Crippen LogP contribution in [-0.4, -0.2) is 85.6 Å². The molecule has 0 radical (unpaired) electrons. The monoisotopic (exact) mass is 561 g/mol. The largest absolute Gasteiger partial charge is 0.352 e. The molecule has 2 heterocycles. The number of sulfonamides is 1. The normalized spacial score (nSPS) is 16.1. The maximum absolute atomic E-state index is 13.2. The summed E-state index contributed by atoms with van der Waals surface area (Å²) in [5, 5.41) is 7.48. The Hall–Kier alpha value is -1.70. The molecule has 0 spiro atoms. The second kappa shape index (κ2) is 11.2. The van der Waals surface area contributed by atoms with Gasteiger partial charge in [-0.05, 0) is 18.7 Å². The molecule has 31 heavy (non-hydrogen) atoms. The average molecular weight is 561 g/mol. The molecule has 0 saturated carbocycles.